The van der Waals surface area contributed by atoms with Crippen LogP contribution in [0.15, 0.2) is 48.5 Å². The van der Waals surface area contributed by atoms with Gasteiger partial charge in [0.25, 0.3) is 0 Å². The van der Waals surface area contributed by atoms with E-state index >= 15 is 0 Å². The van der Waals surface area contributed by atoms with Crippen LogP contribution in [0.3, 0.4) is 0 Å². The third-order valence-corrected chi connectivity index (χ3v) is 4.13. The maximum Gasteiger partial charge on any atom is 0.119 e. The molecule has 2 rings (SSSR count). The van der Waals surface area contributed by atoms with Crippen molar-refractivity contribution in [2.24, 2.45) is 0 Å². The first kappa shape index (κ1) is 18.7. The molecule has 0 amide bonds. The van der Waals surface area contributed by atoms with Crippen LogP contribution in [0.5, 0.6) is 11.5 Å². The molecule has 2 aromatic carbocycles. The second-order valence-corrected chi connectivity index (χ2v) is 6.17. The van der Waals surface area contributed by atoms with E-state index in [4.69, 9.17) is 21.1 Å². The van der Waals surface area contributed by atoms with Crippen LogP contribution < -0.4 is 9.47 Å². The van der Waals surface area contributed by atoms with Gasteiger partial charge >= 0.3 is 0 Å². The Morgan fingerprint density at radius 3 is 1.96 bits per heavy atom. The zero-order chi connectivity index (χ0) is 17.0. The highest BCUT2D eigenvalue weighted by atomic mass is 35.5. The van der Waals surface area contributed by atoms with Gasteiger partial charge in [0.2, 0.25) is 0 Å². The first-order chi connectivity index (χ1) is 11.8. The van der Waals surface area contributed by atoms with Crippen molar-refractivity contribution in [3.05, 3.63) is 48.5 Å². The number of ether oxygens (including phenoxy) is 2. The lowest BCUT2D eigenvalue weighted by Gasteiger charge is -2.09. The third-order valence-electron chi connectivity index (χ3n) is 3.86. The SMILES string of the molecule is CCOc1cccc(-c2cccc(OCCCCCCCCl)c2)c1. The maximum absolute atomic E-state index is 5.90. The van der Waals surface area contributed by atoms with E-state index in [9.17, 15) is 0 Å². The zero-order valence-corrected chi connectivity index (χ0v) is 15.2. The van der Waals surface area contributed by atoms with Gasteiger partial charge in [-0.2, -0.15) is 0 Å². The molecule has 0 aromatic heterocycles. The fourth-order valence-electron chi connectivity index (χ4n) is 2.61. The van der Waals surface area contributed by atoms with E-state index in [0.717, 1.165) is 48.0 Å². The molecular formula is C21H27ClO2. The minimum atomic E-state index is 0.678. The second kappa shape index (κ2) is 11.0. The Kier molecular flexibility index (Phi) is 8.54. The number of benzene rings is 2. The van der Waals surface area contributed by atoms with Crippen LogP contribution in [-0.2, 0) is 0 Å². The highest BCUT2D eigenvalue weighted by molar-refractivity contribution is 6.17. The van der Waals surface area contributed by atoms with E-state index in [-0.39, 0.29) is 0 Å². The molecule has 0 saturated carbocycles. The van der Waals surface area contributed by atoms with Crippen LogP contribution in [0.1, 0.15) is 39.0 Å². The normalized spacial score (nSPS) is 10.6. The van der Waals surface area contributed by atoms with Gasteiger partial charge in [-0.25, -0.2) is 0 Å². The standard InChI is InChI=1S/C21H27ClO2/c1-2-23-20-12-8-10-18(16-20)19-11-9-13-21(17-19)24-15-7-5-3-4-6-14-22/h8-13,16-17H,2-7,14-15H2,1H3. The molecule has 3 heteroatoms. The molecule has 24 heavy (non-hydrogen) atoms. The number of unbranched alkanes of at least 4 members (excludes halogenated alkanes) is 4. The van der Waals surface area contributed by atoms with Crippen molar-refractivity contribution < 1.29 is 9.47 Å². The van der Waals surface area contributed by atoms with Crippen molar-refractivity contribution in [3.8, 4) is 22.6 Å². The molecule has 2 aromatic rings. The van der Waals surface area contributed by atoms with Gasteiger partial charge < -0.3 is 9.47 Å². The van der Waals surface area contributed by atoms with Gasteiger partial charge in [-0.1, -0.05) is 43.5 Å². The summed E-state index contributed by atoms with van der Waals surface area (Å²) in [5.41, 5.74) is 2.30. The Morgan fingerprint density at radius 2 is 1.33 bits per heavy atom. The molecule has 0 aliphatic carbocycles. The summed E-state index contributed by atoms with van der Waals surface area (Å²) >= 11 is 5.68. The Hall–Kier alpha value is -1.67. The monoisotopic (exact) mass is 346 g/mol. The molecular weight excluding hydrogens is 320 g/mol. The quantitative estimate of drug-likeness (QED) is 0.350. The molecule has 0 saturated heterocycles. The van der Waals surface area contributed by atoms with Crippen molar-refractivity contribution >= 4 is 11.6 Å². The molecule has 0 fully saturated rings. The number of alkyl halides is 1. The van der Waals surface area contributed by atoms with E-state index in [1.807, 2.05) is 31.2 Å². The summed E-state index contributed by atoms with van der Waals surface area (Å²) in [6, 6.07) is 16.4. The fourth-order valence-corrected chi connectivity index (χ4v) is 2.80. The third kappa shape index (κ3) is 6.45. The van der Waals surface area contributed by atoms with Crippen molar-refractivity contribution in [1.29, 1.82) is 0 Å². The Balaban J connectivity index is 1.86. The molecule has 2 nitrogen and oxygen atoms in total. The summed E-state index contributed by atoms with van der Waals surface area (Å²) in [6.45, 7) is 3.44. The van der Waals surface area contributed by atoms with Crippen molar-refractivity contribution in [2.75, 3.05) is 19.1 Å². The lowest BCUT2D eigenvalue weighted by molar-refractivity contribution is 0.304. The van der Waals surface area contributed by atoms with Gasteiger partial charge in [-0.3, -0.25) is 0 Å². The molecule has 0 spiro atoms. The molecule has 0 atom stereocenters. The van der Waals surface area contributed by atoms with E-state index in [1.165, 1.54) is 19.3 Å². The first-order valence-electron chi connectivity index (χ1n) is 8.85. The smallest absolute Gasteiger partial charge is 0.119 e. The average molecular weight is 347 g/mol. The van der Waals surface area contributed by atoms with E-state index in [2.05, 4.69) is 24.3 Å². The van der Waals surface area contributed by atoms with Crippen molar-refractivity contribution in [2.45, 2.75) is 39.0 Å². The van der Waals surface area contributed by atoms with Crippen molar-refractivity contribution in [3.63, 3.8) is 0 Å². The Labute approximate surface area is 150 Å². The predicted octanol–water partition coefficient (Wildman–Crippen LogP) is 6.32. The molecule has 130 valence electrons. The van der Waals surface area contributed by atoms with Gasteiger partial charge in [0.05, 0.1) is 13.2 Å². The summed E-state index contributed by atoms with van der Waals surface area (Å²) in [5.74, 6) is 2.60. The van der Waals surface area contributed by atoms with Gasteiger partial charge in [0.1, 0.15) is 11.5 Å². The molecule has 0 heterocycles. The topological polar surface area (TPSA) is 18.5 Å². The summed E-state index contributed by atoms with van der Waals surface area (Å²) < 4.78 is 11.5. The van der Waals surface area contributed by atoms with E-state index in [1.54, 1.807) is 0 Å². The molecule has 0 aliphatic rings. The van der Waals surface area contributed by atoms with Crippen LogP contribution in [0.2, 0.25) is 0 Å². The molecule has 0 N–H and O–H groups in total. The molecule has 0 aliphatic heterocycles. The zero-order valence-electron chi connectivity index (χ0n) is 14.5. The minimum absolute atomic E-state index is 0.678. The van der Waals surface area contributed by atoms with Crippen LogP contribution >= 0.6 is 11.6 Å². The summed E-state index contributed by atoms with van der Waals surface area (Å²) in [4.78, 5) is 0. The predicted molar refractivity (Wildman–Crippen MR) is 102 cm³/mol. The summed E-state index contributed by atoms with van der Waals surface area (Å²) in [6.07, 6.45) is 5.86. The van der Waals surface area contributed by atoms with Crippen molar-refractivity contribution in [1.82, 2.24) is 0 Å². The number of rotatable bonds is 11. The fraction of sp³-hybridized carbons (Fsp3) is 0.429. The highest BCUT2D eigenvalue weighted by Gasteiger charge is 2.02. The van der Waals surface area contributed by atoms with Gasteiger partial charge in [-0.15, -0.1) is 11.6 Å². The summed E-state index contributed by atoms with van der Waals surface area (Å²) in [7, 11) is 0. The largest absolute Gasteiger partial charge is 0.494 e. The average Bonchev–Trinajstić information content (AvgIpc) is 2.62. The number of hydrogen-bond donors (Lipinski definition) is 0. The van der Waals surface area contributed by atoms with Crippen LogP contribution in [0.25, 0.3) is 11.1 Å². The Morgan fingerprint density at radius 1 is 0.750 bits per heavy atom. The van der Waals surface area contributed by atoms with Crippen LogP contribution in [0.4, 0.5) is 0 Å². The van der Waals surface area contributed by atoms with Crippen LogP contribution in [-0.4, -0.2) is 19.1 Å². The number of halogens is 1. The lowest BCUT2D eigenvalue weighted by atomic mass is 10.1. The van der Waals surface area contributed by atoms with Crippen LogP contribution in [0, 0.1) is 0 Å². The second-order valence-electron chi connectivity index (χ2n) is 5.79. The van der Waals surface area contributed by atoms with Gasteiger partial charge in [0.15, 0.2) is 0 Å². The lowest BCUT2D eigenvalue weighted by Crippen LogP contribution is -1.97. The van der Waals surface area contributed by atoms with Gasteiger partial charge in [-0.05, 0) is 55.2 Å². The molecule has 0 bridgehead atoms. The molecule has 0 unspecified atom stereocenters. The minimum Gasteiger partial charge on any atom is -0.494 e. The van der Waals surface area contributed by atoms with Gasteiger partial charge in [0, 0.05) is 5.88 Å². The number of hydrogen-bond acceptors (Lipinski definition) is 2. The van der Waals surface area contributed by atoms with E-state index < -0.39 is 0 Å². The summed E-state index contributed by atoms with van der Waals surface area (Å²) in [5, 5.41) is 0. The first-order valence-corrected chi connectivity index (χ1v) is 9.39. The Bertz CT molecular complexity index is 598. The van der Waals surface area contributed by atoms with E-state index in [0.29, 0.717) is 6.61 Å². The highest BCUT2D eigenvalue weighted by Crippen LogP contribution is 2.27. The molecule has 0 radical (unpaired) electrons. The maximum atomic E-state index is 5.90.